The van der Waals surface area contributed by atoms with Crippen LogP contribution in [0.25, 0.3) is 0 Å². The van der Waals surface area contributed by atoms with Gasteiger partial charge in [-0.3, -0.25) is 9.89 Å². The van der Waals surface area contributed by atoms with E-state index >= 15 is 0 Å². The highest BCUT2D eigenvalue weighted by Crippen LogP contribution is 2.10. The van der Waals surface area contributed by atoms with Crippen molar-refractivity contribution in [3.63, 3.8) is 0 Å². The summed E-state index contributed by atoms with van der Waals surface area (Å²) in [6, 6.07) is 4.33. The molecule has 146 valence electrons. The molecule has 2 fully saturated rings. The molecule has 3 rings (SSSR count). The molecule has 7 heteroatoms. The van der Waals surface area contributed by atoms with E-state index in [4.69, 9.17) is 18.9 Å². The van der Waals surface area contributed by atoms with Crippen molar-refractivity contribution in [3.8, 4) is 0 Å². The Kier molecular flexibility index (Phi) is 7.79. The van der Waals surface area contributed by atoms with E-state index in [1.54, 1.807) is 6.26 Å². The van der Waals surface area contributed by atoms with Gasteiger partial charge in [0.25, 0.3) is 0 Å². The first-order valence-corrected chi connectivity index (χ1v) is 9.79. The predicted octanol–water partition coefficient (Wildman–Crippen LogP) is 1.26. The number of nitrogens with zero attached hydrogens (tertiary/aromatic N) is 2. The van der Waals surface area contributed by atoms with Crippen LogP contribution in [0.5, 0.6) is 0 Å². The Labute approximate surface area is 156 Å². The molecule has 2 aliphatic rings. The molecule has 1 aromatic heterocycles. The number of ether oxygens (including phenoxy) is 2. The van der Waals surface area contributed by atoms with E-state index in [-0.39, 0.29) is 0 Å². The Hall–Kier alpha value is -1.57. The maximum absolute atomic E-state index is 5.71. The number of morpholine rings is 1. The van der Waals surface area contributed by atoms with Crippen molar-refractivity contribution in [2.45, 2.75) is 38.3 Å². The van der Waals surface area contributed by atoms with Crippen LogP contribution < -0.4 is 10.6 Å². The van der Waals surface area contributed by atoms with Crippen molar-refractivity contribution in [1.82, 2.24) is 15.5 Å². The average molecular weight is 364 g/mol. The lowest BCUT2D eigenvalue weighted by Crippen LogP contribution is -2.45. The molecule has 0 spiro atoms. The summed E-state index contributed by atoms with van der Waals surface area (Å²) in [4.78, 5) is 7.24. The Morgan fingerprint density at radius 3 is 2.92 bits per heavy atom. The maximum Gasteiger partial charge on any atom is 0.191 e. The van der Waals surface area contributed by atoms with Gasteiger partial charge in [-0.05, 0) is 31.9 Å². The fourth-order valence-corrected chi connectivity index (χ4v) is 3.31. The topological polar surface area (TPSA) is 71.3 Å². The maximum atomic E-state index is 5.71. The van der Waals surface area contributed by atoms with E-state index in [0.29, 0.717) is 12.1 Å². The summed E-state index contributed by atoms with van der Waals surface area (Å²) < 4.78 is 16.5. The standard InChI is InChI=1S/C19H32N4O3/c1-16(23-8-12-24-13-9-23)14-21-19(22-15-18-5-3-11-26-18)20-7-6-17-4-2-10-25-17/h2,4,10,16,18H,3,5-9,11-15H2,1H3,(H2,20,21,22). The molecule has 0 bridgehead atoms. The molecule has 2 saturated heterocycles. The van der Waals surface area contributed by atoms with Crippen molar-refractivity contribution in [2.24, 2.45) is 4.99 Å². The molecule has 0 aliphatic carbocycles. The van der Waals surface area contributed by atoms with Gasteiger partial charge in [-0.15, -0.1) is 0 Å². The van der Waals surface area contributed by atoms with Crippen molar-refractivity contribution in [3.05, 3.63) is 24.2 Å². The van der Waals surface area contributed by atoms with Gasteiger partial charge in [-0.2, -0.15) is 0 Å². The number of aliphatic imine (C=N–C) groups is 1. The zero-order valence-electron chi connectivity index (χ0n) is 15.8. The molecular formula is C19H32N4O3. The van der Waals surface area contributed by atoms with Crippen LogP contribution in [0, 0.1) is 0 Å². The van der Waals surface area contributed by atoms with Gasteiger partial charge in [0, 0.05) is 45.2 Å². The highest BCUT2D eigenvalue weighted by molar-refractivity contribution is 5.79. The minimum Gasteiger partial charge on any atom is -0.469 e. The van der Waals surface area contributed by atoms with Crippen LogP contribution in [-0.2, 0) is 15.9 Å². The zero-order chi connectivity index (χ0) is 18.0. The number of nitrogens with one attached hydrogen (secondary N) is 2. The third kappa shape index (κ3) is 6.30. The summed E-state index contributed by atoms with van der Waals surface area (Å²) in [6.07, 6.45) is 5.12. The van der Waals surface area contributed by atoms with E-state index in [1.165, 1.54) is 0 Å². The number of hydrogen-bond acceptors (Lipinski definition) is 5. The van der Waals surface area contributed by atoms with Crippen LogP contribution >= 0.6 is 0 Å². The normalized spacial score (nSPS) is 23.1. The molecule has 2 aliphatic heterocycles. The third-order valence-corrected chi connectivity index (χ3v) is 4.95. The van der Waals surface area contributed by atoms with Crippen molar-refractivity contribution in [2.75, 3.05) is 52.5 Å². The summed E-state index contributed by atoms with van der Waals surface area (Å²) in [5.41, 5.74) is 0. The highest BCUT2D eigenvalue weighted by Gasteiger charge is 2.18. The van der Waals surface area contributed by atoms with Crippen molar-refractivity contribution in [1.29, 1.82) is 0 Å². The van der Waals surface area contributed by atoms with Crippen LogP contribution in [0.4, 0.5) is 0 Å². The molecule has 2 atom stereocenters. The lowest BCUT2D eigenvalue weighted by Gasteiger charge is -2.31. The molecule has 3 heterocycles. The van der Waals surface area contributed by atoms with Crippen molar-refractivity contribution < 1.29 is 13.9 Å². The van der Waals surface area contributed by atoms with Gasteiger partial charge in [-0.25, -0.2) is 0 Å². The molecule has 0 aromatic carbocycles. The second-order valence-corrected chi connectivity index (χ2v) is 6.96. The third-order valence-electron chi connectivity index (χ3n) is 4.95. The second-order valence-electron chi connectivity index (χ2n) is 6.96. The first kappa shape index (κ1) is 19.2. The molecule has 0 saturated carbocycles. The average Bonchev–Trinajstić information content (AvgIpc) is 3.38. The first-order chi connectivity index (χ1) is 12.8. The SMILES string of the molecule is CC(CN=C(NCCc1ccco1)NCC1CCCO1)N1CCOCC1. The van der Waals surface area contributed by atoms with E-state index in [9.17, 15) is 0 Å². The van der Waals surface area contributed by atoms with Gasteiger partial charge in [0.2, 0.25) is 0 Å². The quantitative estimate of drug-likeness (QED) is 0.535. The Bertz CT molecular complexity index is 523. The highest BCUT2D eigenvalue weighted by atomic mass is 16.5. The Morgan fingerprint density at radius 2 is 2.19 bits per heavy atom. The fourth-order valence-electron chi connectivity index (χ4n) is 3.31. The summed E-state index contributed by atoms with van der Waals surface area (Å²) >= 11 is 0. The molecule has 0 amide bonds. The largest absolute Gasteiger partial charge is 0.469 e. The van der Waals surface area contributed by atoms with Crippen LogP contribution in [0.2, 0.25) is 0 Å². The van der Waals surface area contributed by atoms with E-state index < -0.39 is 0 Å². The summed E-state index contributed by atoms with van der Waals surface area (Å²) in [5.74, 6) is 1.84. The lowest BCUT2D eigenvalue weighted by atomic mass is 10.2. The van der Waals surface area contributed by atoms with Gasteiger partial charge in [0.1, 0.15) is 5.76 Å². The number of furan rings is 1. The molecule has 7 nitrogen and oxygen atoms in total. The van der Waals surface area contributed by atoms with Gasteiger partial charge in [0.15, 0.2) is 5.96 Å². The second kappa shape index (κ2) is 10.5. The summed E-state index contributed by atoms with van der Waals surface area (Å²) in [6.45, 7) is 9.08. The Morgan fingerprint density at radius 1 is 1.31 bits per heavy atom. The molecule has 0 radical (unpaired) electrons. The van der Waals surface area contributed by atoms with Crippen molar-refractivity contribution >= 4 is 5.96 Å². The lowest BCUT2D eigenvalue weighted by molar-refractivity contribution is 0.0220. The molecule has 26 heavy (non-hydrogen) atoms. The fraction of sp³-hybridized carbons (Fsp3) is 0.737. The number of guanidine groups is 1. The zero-order valence-corrected chi connectivity index (χ0v) is 15.8. The molecule has 2 unspecified atom stereocenters. The van der Waals surface area contributed by atoms with Crippen LogP contribution in [0.3, 0.4) is 0 Å². The van der Waals surface area contributed by atoms with Crippen LogP contribution in [0.15, 0.2) is 27.8 Å². The summed E-state index contributed by atoms with van der Waals surface area (Å²) in [7, 11) is 0. The molecule has 2 N–H and O–H groups in total. The van der Waals surface area contributed by atoms with E-state index in [0.717, 1.165) is 83.5 Å². The van der Waals surface area contributed by atoms with Crippen LogP contribution in [-0.4, -0.2) is 75.5 Å². The van der Waals surface area contributed by atoms with Gasteiger partial charge in [0.05, 0.1) is 32.1 Å². The minimum absolute atomic E-state index is 0.295. The Balaban J connectivity index is 1.47. The monoisotopic (exact) mass is 364 g/mol. The van der Waals surface area contributed by atoms with Gasteiger partial charge in [-0.1, -0.05) is 0 Å². The molecular weight excluding hydrogens is 332 g/mol. The number of hydrogen-bond donors (Lipinski definition) is 2. The van der Waals surface area contributed by atoms with E-state index in [1.807, 2.05) is 12.1 Å². The summed E-state index contributed by atoms with van der Waals surface area (Å²) in [5, 5.41) is 6.86. The predicted molar refractivity (Wildman–Crippen MR) is 102 cm³/mol. The van der Waals surface area contributed by atoms with E-state index in [2.05, 4.69) is 22.5 Å². The minimum atomic E-state index is 0.295. The van der Waals surface area contributed by atoms with Gasteiger partial charge < -0.3 is 24.5 Å². The van der Waals surface area contributed by atoms with Gasteiger partial charge >= 0.3 is 0 Å². The molecule has 1 aromatic rings. The van der Waals surface area contributed by atoms with Crippen LogP contribution in [0.1, 0.15) is 25.5 Å². The first-order valence-electron chi connectivity index (χ1n) is 9.79. The smallest absolute Gasteiger partial charge is 0.191 e. The number of rotatable bonds is 8.